The standard InChI is InChI=1S/C14H22BO5P/c1-13(2)14(3,4)20-15(19-13)12(21(16,17)18)10-11-8-6-5-7-9-11/h5-9,12H,10H2,1-4H3,(H2,16,17,18). The van der Waals surface area contributed by atoms with Crippen LogP contribution >= 0.6 is 7.60 Å². The summed E-state index contributed by atoms with van der Waals surface area (Å²) in [4.78, 5) is 19.4. The van der Waals surface area contributed by atoms with Crippen LogP contribution in [0.5, 0.6) is 0 Å². The quantitative estimate of drug-likeness (QED) is 0.659. The van der Waals surface area contributed by atoms with E-state index in [2.05, 4.69) is 0 Å². The Bertz CT molecular complexity index is 524. The van der Waals surface area contributed by atoms with Crippen molar-refractivity contribution in [2.45, 2.75) is 50.9 Å². The maximum Gasteiger partial charge on any atom is 0.474 e. The minimum Gasteiger partial charge on any atom is -0.403 e. The van der Waals surface area contributed by atoms with Crippen LogP contribution in [-0.2, 0) is 20.3 Å². The molecule has 0 aliphatic carbocycles. The second-order valence-corrected chi connectivity index (χ2v) is 8.31. The monoisotopic (exact) mass is 312 g/mol. The third kappa shape index (κ3) is 3.58. The molecule has 0 radical (unpaired) electrons. The molecule has 1 aromatic rings. The molecule has 7 heteroatoms. The lowest BCUT2D eigenvalue weighted by molar-refractivity contribution is 0.00578. The van der Waals surface area contributed by atoms with Gasteiger partial charge in [0.05, 0.1) is 11.2 Å². The van der Waals surface area contributed by atoms with Crippen molar-refractivity contribution in [1.29, 1.82) is 0 Å². The van der Waals surface area contributed by atoms with Crippen molar-refractivity contribution in [3.05, 3.63) is 35.9 Å². The molecule has 1 saturated heterocycles. The highest BCUT2D eigenvalue weighted by Crippen LogP contribution is 2.49. The number of hydrogen-bond acceptors (Lipinski definition) is 3. The molecule has 1 unspecified atom stereocenters. The summed E-state index contributed by atoms with van der Waals surface area (Å²) in [5.41, 5.74) is -1.38. The van der Waals surface area contributed by atoms with Gasteiger partial charge < -0.3 is 19.1 Å². The predicted molar refractivity (Wildman–Crippen MR) is 82.1 cm³/mol. The molecule has 1 heterocycles. The average Bonchev–Trinajstić information content (AvgIpc) is 2.55. The number of benzene rings is 1. The third-order valence-electron chi connectivity index (χ3n) is 4.31. The summed E-state index contributed by atoms with van der Waals surface area (Å²) >= 11 is 0. The zero-order chi connectivity index (χ0) is 15.9. The van der Waals surface area contributed by atoms with Crippen LogP contribution in [0.3, 0.4) is 0 Å². The number of rotatable bonds is 4. The van der Waals surface area contributed by atoms with Crippen molar-refractivity contribution in [3.8, 4) is 0 Å². The van der Waals surface area contributed by atoms with Crippen LogP contribution in [0.15, 0.2) is 30.3 Å². The van der Waals surface area contributed by atoms with Crippen LogP contribution in [0.1, 0.15) is 33.3 Å². The Balaban J connectivity index is 2.25. The number of hydrogen-bond donors (Lipinski definition) is 2. The van der Waals surface area contributed by atoms with Crippen LogP contribution in [0.4, 0.5) is 0 Å². The van der Waals surface area contributed by atoms with E-state index in [1.54, 1.807) is 0 Å². The fraction of sp³-hybridized carbons (Fsp3) is 0.571. The molecule has 21 heavy (non-hydrogen) atoms. The Labute approximate surface area is 126 Å². The SMILES string of the molecule is CC1(C)OB(C(Cc2ccccc2)P(=O)(O)O)OC1(C)C. The van der Waals surface area contributed by atoms with E-state index in [4.69, 9.17) is 9.31 Å². The van der Waals surface area contributed by atoms with E-state index in [0.717, 1.165) is 5.56 Å². The van der Waals surface area contributed by atoms with Gasteiger partial charge in [-0.05, 0) is 39.7 Å². The minimum absolute atomic E-state index is 0.210. The lowest BCUT2D eigenvalue weighted by atomic mass is 9.80. The Morgan fingerprint density at radius 1 is 1.10 bits per heavy atom. The van der Waals surface area contributed by atoms with Crippen molar-refractivity contribution in [3.63, 3.8) is 0 Å². The fourth-order valence-electron chi connectivity index (χ4n) is 2.28. The van der Waals surface area contributed by atoms with Crippen molar-refractivity contribution in [1.82, 2.24) is 0 Å². The minimum atomic E-state index is -4.35. The fourth-order valence-corrected chi connectivity index (χ4v) is 3.16. The Morgan fingerprint density at radius 2 is 1.57 bits per heavy atom. The summed E-state index contributed by atoms with van der Waals surface area (Å²) in [5.74, 6) is 0. The average molecular weight is 312 g/mol. The van der Waals surface area contributed by atoms with Gasteiger partial charge in [0.2, 0.25) is 0 Å². The van der Waals surface area contributed by atoms with E-state index >= 15 is 0 Å². The summed E-state index contributed by atoms with van der Waals surface area (Å²) in [6.45, 7) is 7.47. The van der Waals surface area contributed by atoms with Crippen molar-refractivity contribution in [2.75, 3.05) is 0 Å². The van der Waals surface area contributed by atoms with E-state index in [9.17, 15) is 14.4 Å². The van der Waals surface area contributed by atoms with Gasteiger partial charge in [0, 0.05) is 0 Å². The van der Waals surface area contributed by atoms with Gasteiger partial charge in [-0.25, -0.2) is 0 Å². The molecule has 1 fully saturated rings. The molecule has 1 atom stereocenters. The van der Waals surface area contributed by atoms with Crippen LogP contribution in [0, 0.1) is 0 Å². The molecule has 0 aromatic heterocycles. The van der Waals surface area contributed by atoms with E-state index in [-0.39, 0.29) is 6.42 Å². The van der Waals surface area contributed by atoms with Crippen molar-refractivity contribution < 1.29 is 23.7 Å². The molecule has 0 spiro atoms. The summed E-state index contributed by atoms with van der Waals surface area (Å²) < 4.78 is 23.5. The smallest absolute Gasteiger partial charge is 0.403 e. The Hall–Kier alpha value is -0.645. The van der Waals surface area contributed by atoms with Gasteiger partial charge in [-0.3, -0.25) is 4.57 Å². The van der Waals surface area contributed by atoms with Crippen LogP contribution < -0.4 is 0 Å². The lowest BCUT2D eigenvalue weighted by Gasteiger charge is -2.32. The molecule has 0 saturated carbocycles. The summed E-state index contributed by atoms with van der Waals surface area (Å²) in [7, 11) is -5.27. The van der Waals surface area contributed by atoms with Gasteiger partial charge in [0.15, 0.2) is 0 Å². The second-order valence-electron chi connectivity index (χ2n) is 6.47. The maximum absolute atomic E-state index is 11.9. The van der Waals surface area contributed by atoms with Crippen molar-refractivity contribution in [2.24, 2.45) is 0 Å². The Kier molecular flexibility index (Phi) is 4.40. The first-order valence-corrected chi connectivity index (χ1v) is 8.66. The first-order chi connectivity index (χ1) is 9.53. The van der Waals surface area contributed by atoms with Crippen LogP contribution in [0.2, 0.25) is 0 Å². The first-order valence-electron chi connectivity index (χ1n) is 6.98. The predicted octanol–water partition coefficient (Wildman–Crippen LogP) is 2.41. The molecule has 0 bridgehead atoms. The highest BCUT2D eigenvalue weighted by molar-refractivity contribution is 7.55. The molecule has 1 aliphatic heterocycles. The summed E-state index contributed by atoms with van der Waals surface area (Å²) in [6, 6.07) is 9.24. The normalized spacial score (nSPS) is 22.3. The molecule has 0 amide bonds. The zero-order valence-corrected chi connectivity index (χ0v) is 13.7. The molecule has 5 nitrogen and oxygen atoms in total. The van der Waals surface area contributed by atoms with E-state index in [0.29, 0.717) is 0 Å². The van der Waals surface area contributed by atoms with Crippen LogP contribution in [0.25, 0.3) is 0 Å². The molecule has 2 rings (SSSR count). The zero-order valence-electron chi connectivity index (χ0n) is 12.8. The molecular formula is C14H22BO5P. The van der Waals surface area contributed by atoms with Gasteiger partial charge in [-0.2, -0.15) is 0 Å². The van der Waals surface area contributed by atoms with Gasteiger partial charge in [-0.15, -0.1) is 0 Å². The van der Waals surface area contributed by atoms with Gasteiger partial charge >= 0.3 is 14.7 Å². The lowest BCUT2D eigenvalue weighted by Crippen LogP contribution is -2.41. The van der Waals surface area contributed by atoms with Crippen molar-refractivity contribution >= 4 is 14.7 Å². The molecule has 116 valence electrons. The largest absolute Gasteiger partial charge is 0.474 e. The first kappa shape index (κ1) is 16.7. The highest BCUT2D eigenvalue weighted by atomic mass is 31.2. The molecular weight excluding hydrogens is 290 g/mol. The third-order valence-corrected chi connectivity index (χ3v) is 5.60. The highest BCUT2D eigenvalue weighted by Gasteiger charge is 2.57. The second kappa shape index (κ2) is 5.52. The maximum atomic E-state index is 11.9. The van der Waals surface area contributed by atoms with Crippen LogP contribution in [-0.4, -0.2) is 33.7 Å². The van der Waals surface area contributed by atoms with Gasteiger partial charge in [-0.1, -0.05) is 30.3 Å². The summed E-state index contributed by atoms with van der Waals surface area (Å²) in [5, 5.41) is 0. The molecule has 1 aromatic carbocycles. The van der Waals surface area contributed by atoms with Gasteiger partial charge in [0.1, 0.15) is 5.56 Å². The molecule has 2 N–H and O–H groups in total. The Morgan fingerprint density at radius 3 is 2.00 bits per heavy atom. The van der Waals surface area contributed by atoms with E-state index in [1.807, 2.05) is 58.0 Å². The molecule has 1 aliphatic rings. The summed E-state index contributed by atoms with van der Waals surface area (Å²) in [6.07, 6.45) is 0.210. The van der Waals surface area contributed by atoms with E-state index < -0.39 is 31.5 Å². The topological polar surface area (TPSA) is 76.0 Å². The van der Waals surface area contributed by atoms with Gasteiger partial charge in [0.25, 0.3) is 0 Å². The van der Waals surface area contributed by atoms with E-state index in [1.165, 1.54) is 0 Å².